The van der Waals surface area contributed by atoms with E-state index in [0.717, 1.165) is 31.6 Å². The first-order valence-electron chi connectivity index (χ1n) is 8.62. The van der Waals surface area contributed by atoms with Crippen molar-refractivity contribution in [3.63, 3.8) is 0 Å². The molecule has 0 aliphatic rings. The molecule has 26 heavy (non-hydrogen) atoms. The molecular formula is C19H25ClN2O3S. The maximum Gasteiger partial charge on any atom is 0.265 e. The first-order chi connectivity index (χ1) is 12.4. The monoisotopic (exact) mass is 396 g/mol. The smallest absolute Gasteiger partial charge is 0.265 e. The van der Waals surface area contributed by atoms with E-state index < -0.39 is 10.0 Å². The summed E-state index contributed by atoms with van der Waals surface area (Å²) in [6.07, 6.45) is 2.12. The fourth-order valence-electron chi connectivity index (χ4n) is 2.72. The van der Waals surface area contributed by atoms with Crippen LogP contribution in [0.25, 0.3) is 0 Å². The van der Waals surface area contributed by atoms with Crippen LogP contribution in [-0.4, -0.2) is 28.6 Å². The SMILES string of the molecule is CCCN(CCC)c1ccc(NS(=O)(=O)c2cc(Cl)ccc2OC)cc1. The second-order valence-electron chi connectivity index (χ2n) is 5.93. The Bertz CT molecular complexity index is 817. The molecule has 0 aliphatic heterocycles. The first-order valence-corrected chi connectivity index (χ1v) is 10.5. The Morgan fingerprint density at radius 1 is 1.04 bits per heavy atom. The molecular weight excluding hydrogens is 372 g/mol. The largest absolute Gasteiger partial charge is 0.495 e. The van der Waals surface area contributed by atoms with E-state index in [1.165, 1.54) is 19.2 Å². The molecule has 0 saturated carbocycles. The highest BCUT2D eigenvalue weighted by atomic mass is 35.5. The Balaban J connectivity index is 2.24. The summed E-state index contributed by atoms with van der Waals surface area (Å²) in [7, 11) is -2.38. The van der Waals surface area contributed by atoms with Gasteiger partial charge < -0.3 is 9.64 Å². The van der Waals surface area contributed by atoms with E-state index >= 15 is 0 Å². The maximum atomic E-state index is 12.7. The van der Waals surface area contributed by atoms with Crippen LogP contribution < -0.4 is 14.4 Å². The number of methoxy groups -OCH3 is 1. The van der Waals surface area contributed by atoms with Crippen LogP contribution in [0.3, 0.4) is 0 Å². The number of sulfonamides is 1. The zero-order chi connectivity index (χ0) is 19.2. The summed E-state index contributed by atoms with van der Waals surface area (Å²) in [6, 6.07) is 11.9. The molecule has 2 aromatic carbocycles. The predicted octanol–water partition coefficient (Wildman–Crippen LogP) is 4.78. The lowest BCUT2D eigenvalue weighted by Crippen LogP contribution is -2.24. The molecule has 0 radical (unpaired) electrons. The standard InChI is InChI=1S/C19H25ClN2O3S/c1-4-12-22(13-5-2)17-9-7-16(8-10-17)21-26(23,24)19-14-15(20)6-11-18(19)25-3/h6-11,14,21H,4-5,12-13H2,1-3H3. The summed E-state index contributed by atoms with van der Waals surface area (Å²) in [6.45, 7) is 6.23. The van der Waals surface area contributed by atoms with E-state index in [-0.39, 0.29) is 10.6 Å². The summed E-state index contributed by atoms with van der Waals surface area (Å²) in [5.41, 5.74) is 1.57. The number of hydrogen-bond donors (Lipinski definition) is 1. The summed E-state index contributed by atoms with van der Waals surface area (Å²) < 4.78 is 33.1. The van der Waals surface area contributed by atoms with E-state index in [1.807, 2.05) is 12.1 Å². The van der Waals surface area contributed by atoms with Gasteiger partial charge in [-0.05, 0) is 55.3 Å². The van der Waals surface area contributed by atoms with Gasteiger partial charge in [0.15, 0.2) is 0 Å². The quantitative estimate of drug-likeness (QED) is 0.662. The molecule has 1 N–H and O–H groups in total. The first kappa shape index (κ1) is 20.4. The molecule has 0 heterocycles. The Hall–Kier alpha value is -1.92. The molecule has 5 nitrogen and oxygen atoms in total. The average molecular weight is 397 g/mol. The molecule has 0 aliphatic carbocycles. The fraction of sp³-hybridized carbons (Fsp3) is 0.368. The van der Waals surface area contributed by atoms with Gasteiger partial charge in [-0.25, -0.2) is 8.42 Å². The molecule has 2 aromatic rings. The molecule has 7 heteroatoms. The topological polar surface area (TPSA) is 58.6 Å². The predicted molar refractivity (Wildman–Crippen MR) is 108 cm³/mol. The van der Waals surface area contributed by atoms with Gasteiger partial charge in [0.2, 0.25) is 0 Å². The van der Waals surface area contributed by atoms with Gasteiger partial charge in [-0.15, -0.1) is 0 Å². The van der Waals surface area contributed by atoms with Crippen molar-refractivity contribution in [1.82, 2.24) is 0 Å². The van der Waals surface area contributed by atoms with Crippen LogP contribution in [-0.2, 0) is 10.0 Å². The molecule has 0 saturated heterocycles. The average Bonchev–Trinajstić information content (AvgIpc) is 2.62. The van der Waals surface area contributed by atoms with Crippen LogP contribution in [0.2, 0.25) is 5.02 Å². The van der Waals surface area contributed by atoms with Crippen molar-refractivity contribution in [2.45, 2.75) is 31.6 Å². The lowest BCUT2D eigenvalue weighted by molar-refractivity contribution is 0.403. The molecule has 0 spiro atoms. The fourth-order valence-corrected chi connectivity index (χ4v) is 4.21. The lowest BCUT2D eigenvalue weighted by Gasteiger charge is -2.24. The number of halogens is 1. The summed E-state index contributed by atoms with van der Waals surface area (Å²) >= 11 is 5.94. The highest BCUT2D eigenvalue weighted by molar-refractivity contribution is 7.92. The van der Waals surface area contributed by atoms with E-state index in [4.69, 9.17) is 16.3 Å². The maximum absolute atomic E-state index is 12.7. The van der Waals surface area contributed by atoms with Crippen molar-refractivity contribution in [2.75, 3.05) is 29.8 Å². The minimum Gasteiger partial charge on any atom is -0.495 e. The zero-order valence-corrected chi connectivity index (χ0v) is 16.9. The Kier molecular flexibility index (Phi) is 7.17. The zero-order valence-electron chi connectivity index (χ0n) is 15.3. The molecule has 142 valence electrons. The highest BCUT2D eigenvalue weighted by Gasteiger charge is 2.20. The third kappa shape index (κ3) is 5.05. The van der Waals surface area contributed by atoms with E-state index in [1.54, 1.807) is 18.2 Å². The van der Waals surface area contributed by atoms with Crippen LogP contribution in [0.15, 0.2) is 47.4 Å². The summed E-state index contributed by atoms with van der Waals surface area (Å²) in [5.74, 6) is 0.246. The Morgan fingerprint density at radius 3 is 2.19 bits per heavy atom. The minimum absolute atomic E-state index is 0.00942. The third-order valence-corrected chi connectivity index (χ3v) is 5.52. The Morgan fingerprint density at radius 2 is 1.65 bits per heavy atom. The number of nitrogens with zero attached hydrogens (tertiary/aromatic N) is 1. The van der Waals surface area contributed by atoms with Gasteiger partial charge in [-0.1, -0.05) is 25.4 Å². The summed E-state index contributed by atoms with van der Waals surface area (Å²) in [4.78, 5) is 2.30. The van der Waals surface area contributed by atoms with Crippen molar-refractivity contribution in [3.05, 3.63) is 47.5 Å². The van der Waals surface area contributed by atoms with Crippen LogP contribution in [0.5, 0.6) is 5.75 Å². The summed E-state index contributed by atoms with van der Waals surface area (Å²) in [5, 5.41) is 0.330. The molecule has 0 aromatic heterocycles. The molecule has 0 amide bonds. The molecule has 0 bridgehead atoms. The number of hydrogen-bond acceptors (Lipinski definition) is 4. The van der Waals surface area contributed by atoms with Crippen LogP contribution in [0, 0.1) is 0 Å². The lowest BCUT2D eigenvalue weighted by atomic mass is 10.2. The van der Waals surface area contributed by atoms with Gasteiger partial charge in [0.1, 0.15) is 10.6 Å². The number of anilines is 2. The van der Waals surface area contributed by atoms with Gasteiger partial charge >= 0.3 is 0 Å². The van der Waals surface area contributed by atoms with E-state index in [0.29, 0.717) is 10.7 Å². The third-order valence-electron chi connectivity index (χ3n) is 3.89. The second-order valence-corrected chi connectivity index (χ2v) is 8.02. The number of nitrogens with one attached hydrogen (secondary N) is 1. The van der Waals surface area contributed by atoms with Gasteiger partial charge in [-0.3, -0.25) is 4.72 Å². The van der Waals surface area contributed by atoms with Gasteiger partial charge in [0.05, 0.1) is 7.11 Å². The molecule has 2 rings (SSSR count). The van der Waals surface area contributed by atoms with Crippen molar-refractivity contribution in [3.8, 4) is 5.75 Å². The Labute approximate surface area is 161 Å². The van der Waals surface area contributed by atoms with Crippen molar-refractivity contribution in [1.29, 1.82) is 0 Å². The van der Waals surface area contributed by atoms with E-state index in [2.05, 4.69) is 23.5 Å². The molecule has 0 fully saturated rings. The molecule has 0 atom stereocenters. The van der Waals surface area contributed by atoms with Crippen molar-refractivity contribution in [2.24, 2.45) is 0 Å². The van der Waals surface area contributed by atoms with Gasteiger partial charge in [0, 0.05) is 29.5 Å². The van der Waals surface area contributed by atoms with Gasteiger partial charge in [-0.2, -0.15) is 0 Å². The van der Waals surface area contributed by atoms with E-state index in [9.17, 15) is 8.42 Å². The number of ether oxygens (including phenoxy) is 1. The highest BCUT2D eigenvalue weighted by Crippen LogP contribution is 2.29. The number of benzene rings is 2. The molecule has 0 unspecified atom stereocenters. The minimum atomic E-state index is -3.81. The number of rotatable bonds is 9. The van der Waals surface area contributed by atoms with Crippen LogP contribution in [0.1, 0.15) is 26.7 Å². The van der Waals surface area contributed by atoms with Crippen LogP contribution >= 0.6 is 11.6 Å². The van der Waals surface area contributed by atoms with Crippen molar-refractivity contribution < 1.29 is 13.2 Å². The van der Waals surface area contributed by atoms with Crippen LogP contribution in [0.4, 0.5) is 11.4 Å². The van der Waals surface area contributed by atoms with Crippen molar-refractivity contribution >= 4 is 33.0 Å². The second kappa shape index (κ2) is 9.14. The van der Waals surface area contributed by atoms with Gasteiger partial charge in [0.25, 0.3) is 10.0 Å². The normalized spacial score (nSPS) is 11.2.